The predicted molar refractivity (Wildman–Crippen MR) is 87.9 cm³/mol. The smallest absolute Gasteiger partial charge is 0.193 e. The van der Waals surface area contributed by atoms with Crippen LogP contribution in [0.1, 0.15) is 29.8 Å². The number of benzene rings is 2. The molecular weight excluding hydrogens is 323 g/mol. The maximum atomic E-state index is 12.3. The topological polar surface area (TPSA) is 46.5 Å². The minimum atomic E-state index is -1.14. The molecule has 0 heterocycles. The maximum Gasteiger partial charge on any atom is 0.193 e. The molecule has 2 aromatic rings. The molecular formula is C17H16Cl2O3. The Kier molecular flexibility index (Phi) is 5.12. The summed E-state index contributed by atoms with van der Waals surface area (Å²) in [6.07, 6.45) is 0. The molecule has 1 N–H and O–H groups in total. The van der Waals surface area contributed by atoms with Crippen LogP contribution in [-0.4, -0.2) is 22.1 Å². The van der Waals surface area contributed by atoms with Gasteiger partial charge < -0.3 is 9.84 Å². The summed E-state index contributed by atoms with van der Waals surface area (Å²) in [7, 11) is 0. The highest BCUT2D eigenvalue weighted by atomic mass is 35.5. The van der Waals surface area contributed by atoms with Gasteiger partial charge in [0, 0.05) is 16.1 Å². The largest absolute Gasteiger partial charge is 0.484 e. The van der Waals surface area contributed by atoms with Gasteiger partial charge in [0.1, 0.15) is 11.4 Å². The van der Waals surface area contributed by atoms with Crippen molar-refractivity contribution in [3.8, 4) is 5.75 Å². The monoisotopic (exact) mass is 338 g/mol. The third kappa shape index (κ3) is 4.01. The van der Waals surface area contributed by atoms with Gasteiger partial charge in [0.25, 0.3) is 0 Å². The second-order valence-electron chi connectivity index (χ2n) is 5.40. The van der Waals surface area contributed by atoms with Crippen LogP contribution >= 0.6 is 23.2 Å². The van der Waals surface area contributed by atoms with Crippen LogP contribution in [0.4, 0.5) is 0 Å². The standard InChI is InChI=1S/C17H16Cl2O3/c1-17(2,16(19)21)22-14-9-5-12(6-10-14)15(20)11-3-7-13(18)8-4-11/h3-10,16,21H,1-2H3. The molecule has 0 saturated heterocycles. The van der Waals surface area contributed by atoms with E-state index in [0.29, 0.717) is 21.9 Å². The zero-order chi connectivity index (χ0) is 16.3. The zero-order valence-electron chi connectivity index (χ0n) is 12.2. The zero-order valence-corrected chi connectivity index (χ0v) is 13.7. The van der Waals surface area contributed by atoms with Crippen LogP contribution in [0.5, 0.6) is 5.75 Å². The van der Waals surface area contributed by atoms with Gasteiger partial charge in [-0.1, -0.05) is 23.2 Å². The van der Waals surface area contributed by atoms with Crippen molar-refractivity contribution in [2.45, 2.75) is 25.0 Å². The maximum absolute atomic E-state index is 12.3. The number of ether oxygens (including phenoxy) is 1. The Balaban J connectivity index is 2.15. The number of aliphatic hydroxyl groups is 1. The van der Waals surface area contributed by atoms with E-state index in [2.05, 4.69) is 0 Å². The summed E-state index contributed by atoms with van der Waals surface area (Å²) in [5.41, 5.74) is -0.958. The number of carbonyl (C=O) groups excluding carboxylic acids is 1. The molecule has 2 aromatic carbocycles. The SMILES string of the molecule is CC(C)(Oc1ccc(C(=O)c2ccc(Cl)cc2)cc1)C(O)Cl. The van der Waals surface area contributed by atoms with Gasteiger partial charge in [-0.25, -0.2) is 0 Å². The Labute approximate surface area is 139 Å². The van der Waals surface area contributed by atoms with Gasteiger partial charge >= 0.3 is 0 Å². The van der Waals surface area contributed by atoms with E-state index < -0.39 is 11.2 Å². The average molecular weight is 339 g/mol. The number of ketones is 1. The molecule has 2 rings (SSSR count). The highest BCUT2D eigenvalue weighted by Crippen LogP contribution is 2.24. The third-order valence-electron chi connectivity index (χ3n) is 3.18. The van der Waals surface area contributed by atoms with Crippen LogP contribution in [-0.2, 0) is 0 Å². The molecule has 0 aliphatic rings. The lowest BCUT2D eigenvalue weighted by atomic mass is 10.0. The van der Waals surface area contributed by atoms with Crippen molar-refractivity contribution >= 4 is 29.0 Å². The number of hydrogen-bond donors (Lipinski definition) is 1. The van der Waals surface area contributed by atoms with Crippen LogP contribution in [0, 0.1) is 0 Å². The van der Waals surface area contributed by atoms with Gasteiger partial charge in [-0.2, -0.15) is 0 Å². The first kappa shape index (κ1) is 16.8. The molecule has 1 unspecified atom stereocenters. The Morgan fingerprint density at radius 1 is 1.05 bits per heavy atom. The molecule has 116 valence electrons. The Morgan fingerprint density at radius 3 is 1.95 bits per heavy atom. The molecule has 5 heteroatoms. The molecule has 3 nitrogen and oxygen atoms in total. The molecule has 0 spiro atoms. The fourth-order valence-electron chi connectivity index (χ4n) is 1.79. The van der Waals surface area contributed by atoms with Crippen molar-refractivity contribution in [2.24, 2.45) is 0 Å². The van der Waals surface area contributed by atoms with E-state index >= 15 is 0 Å². The summed E-state index contributed by atoms with van der Waals surface area (Å²) in [6, 6.07) is 13.4. The number of alkyl halides is 1. The van der Waals surface area contributed by atoms with Gasteiger partial charge in [-0.3, -0.25) is 4.79 Å². The quantitative estimate of drug-likeness (QED) is 0.653. The summed E-state index contributed by atoms with van der Waals surface area (Å²) >= 11 is 11.5. The summed E-state index contributed by atoms with van der Waals surface area (Å²) in [5, 5.41) is 10.0. The van der Waals surface area contributed by atoms with Gasteiger partial charge in [-0.15, -0.1) is 0 Å². The summed E-state index contributed by atoms with van der Waals surface area (Å²) in [6.45, 7) is 3.36. The van der Waals surface area contributed by atoms with Crippen LogP contribution in [0.3, 0.4) is 0 Å². The molecule has 0 aromatic heterocycles. The van der Waals surface area contributed by atoms with E-state index in [9.17, 15) is 9.90 Å². The molecule has 0 fully saturated rings. The molecule has 22 heavy (non-hydrogen) atoms. The third-order valence-corrected chi connectivity index (χ3v) is 3.95. The van der Waals surface area contributed by atoms with E-state index in [1.807, 2.05) is 0 Å². The first-order valence-electron chi connectivity index (χ1n) is 6.71. The normalized spacial score (nSPS) is 12.8. The highest BCUT2D eigenvalue weighted by Gasteiger charge is 2.28. The van der Waals surface area contributed by atoms with Crippen LogP contribution < -0.4 is 4.74 Å². The van der Waals surface area contributed by atoms with Gasteiger partial charge in [0.2, 0.25) is 0 Å². The van der Waals surface area contributed by atoms with Crippen LogP contribution in [0.15, 0.2) is 48.5 Å². The van der Waals surface area contributed by atoms with E-state index in [-0.39, 0.29) is 5.78 Å². The number of carbonyl (C=O) groups is 1. The van der Waals surface area contributed by atoms with Gasteiger partial charge in [-0.05, 0) is 62.4 Å². The Morgan fingerprint density at radius 2 is 1.50 bits per heavy atom. The van der Waals surface area contributed by atoms with Crippen LogP contribution in [0.2, 0.25) is 5.02 Å². The van der Waals surface area contributed by atoms with Crippen molar-refractivity contribution in [1.82, 2.24) is 0 Å². The molecule has 0 aliphatic heterocycles. The van der Waals surface area contributed by atoms with E-state index in [0.717, 1.165) is 0 Å². The fraction of sp³-hybridized carbons (Fsp3) is 0.235. The molecule has 0 radical (unpaired) electrons. The second-order valence-corrected chi connectivity index (χ2v) is 6.25. The van der Waals surface area contributed by atoms with Gasteiger partial charge in [0.05, 0.1) is 0 Å². The first-order chi connectivity index (χ1) is 10.3. The highest BCUT2D eigenvalue weighted by molar-refractivity contribution is 6.30. The van der Waals surface area contributed by atoms with Gasteiger partial charge in [0.15, 0.2) is 11.3 Å². The molecule has 0 amide bonds. The number of rotatable bonds is 5. The second kappa shape index (κ2) is 6.69. The number of halogens is 2. The molecule has 0 aliphatic carbocycles. The van der Waals surface area contributed by atoms with Crippen molar-refractivity contribution in [2.75, 3.05) is 0 Å². The van der Waals surface area contributed by atoms with E-state index in [1.165, 1.54) is 0 Å². The Hall–Kier alpha value is -1.55. The summed E-state index contributed by atoms with van der Waals surface area (Å²) in [5.74, 6) is 0.428. The lowest BCUT2D eigenvalue weighted by Gasteiger charge is -2.27. The molecule has 1 atom stereocenters. The van der Waals surface area contributed by atoms with Crippen molar-refractivity contribution in [1.29, 1.82) is 0 Å². The Bertz CT molecular complexity index is 647. The summed E-state index contributed by atoms with van der Waals surface area (Å²) in [4.78, 5) is 12.3. The minimum absolute atomic E-state index is 0.0974. The first-order valence-corrected chi connectivity index (χ1v) is 7.52. The lowest BCUT2D eigenvalue weighted by Crippen LogP contribution is -2.38. The van der Waals surface area contributed by atoms with E-state index in [4.69, 9.17) is 27.9 Å². The lowest BCUT2D eigenvalue weighted by molar-refractivity contribution is 0.0167. The van der Waals surface area contributed by atoms with Crippen molar-refractivity contribution < 1.29 is 14.6 Å². The molecule has 0 bridgehead atoms. The minimum Gasteiger partial charge on any atom is -0.484 e. The van der Waals surface area contributed by atoms with Crippen molar-refractivity contribution in [3.05, 3.63) is 64.7 Å². The fourth-order valence-corrected chi connectivity index (χ4v) is 1.97. The average Bonchev–Trinajstić information content (AvgIpc) is 2.47. The number of aliphatic hydroxyl groups excluding tert-OH is 1. The van der Waals surface area contributed by atoms with Crippen LogP contribution in [0.25, 0.3) is 0 Å². The van der Waals surface area contributed by atoms with Crippen molar-refractivity contribution in [3.63, 3.8) is 0 Å². The number of hydrogen-bond acceptors (Lipinski definition) is 3. The summed E-state index contributed by atoms with van der Waals surface area (Å²) < 4.78 is 5.61. The molecule has 0 saturated carbocycles. The van der Waals surface area contributed by atoms with E-state index in [1.54, 1.807) is 62.4 Å². The predicted octanol–water partition coefficient (Wildman–Crippen LogP) is 4.29.